The van der Waals surface area contributed by atoms with E-state index < -0.39 is 0 Å². The highest BCUT2D eigenvalue weighted by atomic mass is 16.5. The van der Waals surface area contributed by atoms with Crippen molar-refractivity contribution in [1.29, 1.82) is 0 Å². The number of para-hydroxylation sites is 1. The number of hydrogen-bond donors (Lipinski definition) is 2. The average Bonchev–Trinajstić information content (AvgIpc) is 2.67. The van der Waals surface area contributed by atoms with Crippen LogP contribution in [0, 0.1) is 0 Å². The zero-order chi connectivity index (χ0) is 19.6. The Morgan fingerprint density at radius 3 is 1.78 bits per heavy atom. The molecule has 3 nitrogen and oxygen atoms in total. The van der Waals surface area contributed by atoms with Gasteiger partial charge >= 0.3 is 0 Å². The van der Waals surface area contributed by atoms with Crippen molar-refractivity contribution in [3.63, 3.8) is 0 Å². The SMILES string of the molecule is CCCCCOCCCCCCCCCCCCCc1cccc(O)c1O. The average molecular weight is 379 g/mol. The van der Waals surface area contributed by atoms with Gasteiger partial charge in [0.05, 0.1) is 0 Å². The molecular formula is C24H42O3. The second-order valence-electron chi connectivity index (χ2n) is 7.74. The van der Waals surface area contributed by atoms with Crippen LogP contribution in [0.3, 0.4) is 0 Å². The lowest BCUT2D eigenvalue weighted by Gasteiger charge is -2.06. The molecule has 0 saturated heterocycles. The summed E-state index contributed by atoms with van der Waals surface area (Å²) in [5, 5.41) is 19.3. The summed E-state index contributed by atoms with van der Waals surface area (Å²) in [5.74, 6) is 0.0487. The summed E-state index contributed by atoms with van der Waals surface area (Å²) >= 11 is 0. The first-order valence-corrected chi connectivity index (χ1v) is 11.3. The predicted molar refractivity (Wildman–Crippen MR) is 115 cm³/mol. The molecule has 0 radical (unpaired) electrons. The predicted octanol–water partition coefficient (Wildman–Crippen LogP) is 7.14. The van der Waals surface area contributed by atoms with E-state index in [1.165, 1.54) is 89.5 Å². The van der Waals surface area contributed by atoms with Crippen molar-refractivity contribution in [3.8, 4) is 11.5 Å². The highest BCUT2D eigenvalue weighted by Gasteiger charge is 2.04. The van der Waals surface area contributed by atoms with Crippen molar-refractivity contribution in [2.24, 2.45) is 0 Å². The fraction of sp³-hybridized carbons (Fsp3) is 0.750. The van der Waals surface area contributed by atoms with E-state index in [9.17, 15) is 10.2 Å². The van der Waals surface area contributed by atoms with Crippen LogP contribution in [0.2, 0.25) is 0 Å². The summed E-state index contributed by atoms with van der Waals surface area (Å²) in [7, 11) is 0. The molecule has 27 heavy (non-hydrogen) atoms. The summed E-state index contributed by atoms with van der Waals surface area (Å²) in [5.41, 5.74) is 0.862. The fourth-order valence-corrected chi connectivity index (χ4v) is 3.45. The summed E-state index contributed by atoms with van der Waals surface area (Å²) in [6.45, 7) is 4.12. The first-order chi connectivity index (χ1) is 13.3. The van der Waals surface area contributed by atoms with Crippen molar-refractivity contribution in [3.05, 3.63) is 23.8 Å². The van der Waals surface area contributed by atoms with E-state index in [0.29, 0.717) is 0 Å². The van der Waals surface area contributed by atoms with Crippen LogP contribution in [-0.4, -0.2) is 23.4 Å². The standard InChI is InChI=1S/C24H42O3/c1-2-3-14-20-27-21-15-12-10-8-6-4-5-7-9-11-13-17-22-18-16-19-23(25)24(22)26/h16,18-19,25-26H,2-15,17,20-21H2,1H3. The molecule has 0 aromatic heterocycles. The van der Waals surface area contributed by atoms with E-state index in [1.54, 1.807) is 6.07 Å². The first-order valence-electron chi connectivity index (χ1n) is 11.3. The number of phenols is 2. The summed E-state index contributed by atoms with van der Waals surface area (Å²) in [6.07, 6.45) is 18.8. The summed E-state index contributed by atoms with van der Waals surface area (Å²) < 4.78 is 5.64. The lowest BCUT2D eigenvalue weighted by molar-refractivity contribution is 0.126. The lowest BCUT2D eigenvalue weighted by Crippen LogP contribution is -1.96. The molecule has 0 unspecified atom stereocenters. The van der Waals surface area contributed by atoms with Crippen LogP contribution in [0.5, 0.6) is 11.5 Å². The molecule has 0 aliphatic heterocycles. The topological polar surface area (TPSA) is 49.7 Å². The van der Waals surface area contributed by atoms with Crippen LogP contribution in [0.4, 0.5) is 0 Å². The van der Waals surface area contributed by atoms with Crippen molar-refractivity contribution >= 4 is 0 Å². The number of rotatable bonds is 18. The number of phenolic OH excluding ortho intramolecular Hbond substituents is 2. The molecule has 0 saturated carbocycles. The monoisotopic (exact) mass is 378 g/mol. The van der Waals surface area contributed by atoms with Gasteiger partial charge in [-0.25, -0.2) is 0 Å². The highest BCUT2D eigenvalue weighted by Crippen LogP contribution is 2.29. The molecule has 2 N–H and O–H groups in total. The van der Waals surface area contributed by atoms with Crippen molar-refractivity contribution < 1.29 is 14.9 Å². The zero-order valence-corrected chi connectivity index (χ0v) is 17.6. The van der Waals surface area contributed by atoms with Gasteiger partial charge in [0.15, 0.2) is 11.5 Å². The largest absolute Gasteiger partial charge is 0.504 e. The van der Waals surface area contributed by atoms with E-state index >= 15 is 0 Å². The van der Waals surface area contributed by atoms with Crippen molar-refractivity contribution in [1.82, 2.24) is 0 Å². The lowest BCUT2D eigenvalue weighted by atomic mass is 10.0. The van der Waals surface area contributed by atoms with Gasteiger partial charge in [0.1, 0.15) is 0 Å². The minimum Gasteiger partial charge on any atom is -0.504 e. The Hall–Kier alpha value is -1.22. The fourth-order valence-electron chi connectivity index (χ4n) is 3.45. The van der Waals surface area contributed by atoms with E-state index in [2.05, 4.69) is 6.92 Å². The van der Waals surface area contributed by atoms with Crippen LogP contribution >= 0.6 is 0 Å². The van der Waals surface area contributed by atoms with E-state index in [4.69, 9.17) is 4.74 Å². The van der Waals surface area contributed by atoms with Gasteiger partial charge in [-0.15, -0.1) is 0 Å². The number of aryl methyl sites for hydroxylation is 1. The normalized spacial score (nSPS) is 11.1. The molecule has 0 heterocycles. The maximum Gasteiger partial charge on any atom is 0.160 e. The smallest absolute Gasteiger partial charge is 0.160 e. The quantitative estimate of drug-likeness (QED) is 0.211. The molecule has 0 amide bonds. The Bertz CT molecular complexity index is 459. The molecule has 0 atom stereocenters. The van der Waals surface area contributed by atoms with Gasteiger partial charge in [0.2, 0.25) is 0 Å². The number of ether oxygens (including phenoxy) is 1. The summed E-state index contributed by atoms with van der Waals surface area (Å²) in [4.78, 5) is 0. The van der Waals surface area contributed by atoms with Gasteiger partial charge in [-0.3, -0.25) is 0 Å². The minimum absolute atomic E-state index is 0.00741. The third-order valence-electron chi connectivity index (χ3n) is 5.23. The van der Waals surface area contributed by atoms with Crippen molar-refractivity contribution in [2.75, 3.05) is 13.2 Å². The van der Waals surface area contributed by atoms with E-state index in [0.717, 1.165) is 31.6 Å². The molecule has 0 aliphatic rings. The van der Waals surface area contributed by atoms with Gasteiger partial charge in [-0.05, 0) is 37.3 Å². The molecule has 0 aliphatic carbocycles. The maximum atomic E-state index is 9.78. The maximum absolute atomic E-state index is 9.78. The number of hydrogen-bond acceptors (Lipinski definition) is 3. The van der Waals surface area contributed by atoms with Gasteiger partial charge in [0.25, 0.3) is 0 Å². The third-order valence-corrected chi connectivity index (χ3v) is 5.23. The van der Waals surface area contributed by atoms with Gasteiger partial charge in [0, 0.05) is 13.2 Å². The second-order valence-corrected chi connectivity index (χ2v) is 7.74. The Kier molecular flexibility index (Phi) is 14.9. The van der Waals surface area contributed by atoms with Crippen LogP contribution < -0.4 is 0 Å². The third kappa shape index (κ3) is 12.7. The van der Waals surface area contributed by atoms with E-state index in [1.807, 2.05) is 6.07 Å². The molecule has 3 heteroatoms. The number of benzene rings is 1. The Morgan fingerprint density at radius 2 is 1.19 bits per heavy atom. The molecule has 1 aromatic rings. The van der Waals surface area contributed by atoms with Crippen LogP contribution in [0.15, 0.2) is 18.2 Å². The molecular weight excluding hydrogens is 336 g/mol. The molecule has 1 aromatic carbocycles. The Balaban J connectivity index is 1.79. The number of aromatic hydroxyl groups is 2. The molecule has 156 valence electrons. The Morgan fingerprint density at radius 1 is 0.667 bits per heavy atom. The Labute approximate surface area is 167 Å². The molecule has 1 rings (SSSR count). The number of unbranched alkanes of at least 4 members (excludes halogenated alkanes) is 12. The second kappa shape index (κ2) is 16.9. The van der Waals surface area contributed by atoms with Crippen LogP contribution in [0.1, 0.15) is 102 Å². The molecule has 0 bridgehead atoms. The zero-order valence-electron chi connectivity index (χ0n) is 17.6. The summed E-state index contributed by atoms with van der Waals surface area (Å²) in [6, 6.07) is 5.22. The van der Waals surface area contributed by atoms with Gasteiger partial charge in [-0.1, -0.05) is 89.7 Å². The van der Waals surface area contributed by atoms with Crippen LogP contribution in [0.25, 0.3) is 0 Å². The minimum atomic E-state index is -0.00741. The van der Waals surface area contributed by atoms with E-state index in [-0.39, 0.29) is 11.5 Å². The molecule has 0 fully saturated rings. The van der Waals surface area contributed by atoms with Gasteiger partial charge in [-0.2, -0.15) is 0 Å². The van der Waals surface area contributed by atoms with Gasteiger partial charge < -0.3 is 14.9 Å². The highest BCUT2D eigenvalue weighted by molar-refractivity contribution is 5.44. The molecule has 0 spiro atoms. The van der Waals surface area contributed by atoms with Crippen LogP contribution in [-0.2, 0) is 11.2 Å². The van der Waals surface area contributed by atoms with Crippen molar-refractivity contribution in [2.45, 2.75) is 103 Å². The first kappa shape index (κ1) is 23.8.